The highest BCUT2D eigenvalue weighted by Crippen LogP contribution is 2.41. The Labute approximate surface area is 549 Å². The number of rotatable bonds is 10. The minimum atomic E-state index is -3.42. The van der Waals surface area contributed by atoms with E-state index >= 15 is 0 Å². The lowest BCUT2D eigenvalue weighted by atomic mass is 9.87. The van der Waals surface area contributed by atoms with Gasteiger partial charge in [-0.25, -0.2) is 25.9 Å². The zero-order chi connectivity index (χ0) is 64.3. The lowest BCUT2D eigenvalue weighted by Gasteiger charge is -2.38. The smallest absolute Gasteiger partial charge is 0.322 e. The molecule has 5 aromatic carbocycles. The molecule has 6 aliphatic rings. The van der Waals surface area contributed by atoms with Gasteiger partial charge in [0.05, 0.1) is 57.5 Å². The van der Waals surface area contributed by atoms with Crippen LogP contribution in [-0.2, 0) is 29.6 Å². The van der Waals surface area contributed by atoms with Crippen LogP contribution in [0, 0.1) is 0 Å². The van der Waals surface area contributed by atoms with Crippen LogP contribution in [0.3, 0.4) is 0 Å². The molecule has 22 nitrogen and oxygen atoms in total. The fourth-order valence-corrected chi connectivity index (χ4v) is 17.8. The summed E-state index contributed by atoms with van der Waals surface area (Å²) in [5.41, 5.74) is 9.15. The lowest BCUT2D eigenvalue weighted by molar-refractivity contribution is -0.129. The number of anilines is 2. The molecule has 0 unspecified atom stereocenters. The minimum absolute atomic E-state index is 0.179. The number of aromatic amines is 4. The van der Waals surface area contributed by atoms with Gasteiger partial charge in [-0.1, -0.05) is 72.8 Å². The lowest BCUT2D eigenvalue weighted by Crippen LogP contribution is -2.54. The van der Waals surface area contributed by atoms with Gasteiger partial charge in [0.2, 0.25) is 26.0 Å². The summed E-state index contributed by atoms with van der Waals surface area (Å²) < 4.78 is 53.0. The van der Waals surface area contributed by atoms with Crippen molar-refractivity contribution in [2.75, 3.05) is 81.0 Å². The zero-order valence-corrected chi connectivity index (χ0v) is 55.3. The summed E-state index contributed by atoms with van der Waals surface area (Å²) in [6.07, 6.45) is 17.6. The van der Waals surface area contributed by atoms with E-state index in [4.69, 9.17) is 34.8 Å². The zero-order valence-electron chi connectivity index (χ0n) is 51.4. The average molecular weight is 1350 g/mol. The highest BCUT2D eigenvalue weighted by atomic mass is 35.5. The van der Waals surface area contributed by atoms with E-state index in [0.717, 1.165) is 101 Å². The molecule has 6 fully saturated rings. The third-order valence-corrected chi connectivity index (χ3v) is 23.7. The van der Waals surface area contributed by atoms with Crippen molar-refractivity contribution in [2.45, 2.75) is 113 Å². The highest BCUT2D eigenvalue weighted by molar-refractivity contribution is 7.89. The van der Waals surface area contributed by atoms with E-state index in [-0.39, 0.29) is 23.5 Å². The molecule has 92 heavy (non-hydrogen) atoms. The maximum absolute atomic E-state index is 12.7. The number of imide groups is 1. The molecule has 4 amide bonds. The van der Waals surface area contributed by atoms with Gasteiger partial charge in [-0.2, -0.15) is 24.7 Å². The molecule has 5 saturated heterocycles. The normalized spacial score (nSPS) is 18.8. The Morgan fingerprint density at radius 1 is 0.554 bits per heavy atom. The van der Waals surface area contributed by atoms with Crippen molar-refractivity contribution in [2.24, 2.45) is 0 Å². The molecular weight excluding hydrogens is 1270 g/mol. The highest BCUT2D eigenvalue weighted by Gasteiger charge is 2.48. The number of fused-ring (bicyclic) bond motifs is 4. The number of aromatic nitrogens is 8. The largest absolute Gasteiger partial charge is 0.371 e. The third kappa shape index (κ3) is 14.0. The number of nitrogens with one attached hydrogen (secondary N) is 6. The third-order valence-electron chi connectivity index (χ3n) is 19.1. The molecule has 0 radical (unpaired) electrons. The van der Waals surface area contributed by atoms with Crippen LogP contribution in [-0.4, -0.2) is 166 Å². The van der Waals surface area contributed by atoms with Crippen molar-refractivity contribution < 1.29 is 31.2 Å². The first kappa shape index (κ1) is 64.8. The van der Waals surface area contributed by atoms with E-state index in [1.165, 1.54) is 47.9 Å². The number of sulfonamides is 2. The number of hydrogen-bond acceptors (Lipinski definition) is 13. The SMILES string of the molecule is CC(=O)N1CCN(c2cc(C3CCCC3)cc3[nH]ncc23)CC1.CCCS(=O)(=O)N1CCC(c2cc(Cl)cc3[nH]ncc23)CC1.O=C1NC(=O)C2(CCN(c3cc(Cl)cc4[nH]ncc34)CC2)N1.O=S(=O)(c1ccccc1)N1CCC(c2cc(Cl)cc3[nH]ncc23)CC1. The number of piperidine rings is 3. The van der Waals surface area contributed by atoms with Crippen molar-refractivity contribution in [3.63, 3.8) is 0 Å². The van der Waals surface area contributed by atoms with E-state index in [1.54, 1.807) is 46.0 Å². The maximum atomic E-state index is 12.7. The molecule has 6 N–H and O–H groups in total. The average Bonchev–Trinajstić information content (AvgIpc) is 2.25. The van der Waals surface area contributed by atoms with Crippen LogP contribution >= 0.6 is 34.8 Å². The number of benzene rings is 5. The van der Waals surface area contributed by atoms with Gasteiger partial charge >= 0.3 is 6.03 Å². The number of piperazine rings is 1. The van der Waals surface area contributed by atoms with Crippen molar-refractivity contribution in [3.05, 3.63) is 135 Å². The van der Waals surface area contributed by atoms with Gasteiger partial charge in [-0.3, -0.25) is 35.3 Å². The topological polar surface area (TPSA) is 274 Å². The second-order valence-electron chi connectivity index (χ2n) is 24.7. The summed E-state index contributed by atoms with van der Waals surface area (Å²) in [4.78, 5) is 41.8. The molecule has 4 aromatic heterocycles. The van der Waals surface area contributed by atoms with Crippen molar-refractivity contribution in [3.8, 4) is 0 Å². The molecule has 1 aliphatic carbocycles. The molecule has 486 valence electrons. The molecule has 1 spiro atoms. The minimum Gasteiger partial charge on any atom is -0.371 e. The van der Waals surface area contributed by atoms with E-state index in [2.05, 4.69) is 73.4 Å². The Bertz CT molecular complexity index is 4350. The predicted molar refractivity (Wildman–Crippen MR) is 361 cm³/mol. The molecule has 27 heteroatoms. The van der Waals surface area contributed by atoms with E-state index in [9.17, 15) is 31.2 Å². The Morgan fingerprint density at radius 2 is 1.02 bits per heavy atom. The summed E-state index contributed by atoms with van der Waals surface area (Å²) in [5, 5.41) is 39.9. The van der Waals surface area contributed by atoms with Gasteiger partial charge in [-0.15, -0.1) is 0 Å². The van der Waals surface area contributed by atoms with Crippen LogP contribution in [0.15, 0.2) is 109 Å². The Balaban J connectivity index is 0.000000118. The molecule has 15 rings (SSSR count). The molecule has 1 saturated carbocycles. The first-order chi connectivity index (χ1) is 44.4. The fourth-order valence-electron chi connectivity index (χ4n) is 14.1. The number of carbonyl (C=O) groups is 3. The quantitative estimate of drug-likeness (QED) is 0.0696. The van der Waals surface area contributed by atoms with Crippen LogP contribution in [0.5, 0.6) is 0 Å². The summed E-state index contributed by atoms with van der Waals surface area (Å²) >= 11 is 18.6. The van der Waals surface area contributed by atoms with Gasteiger partial charge in [-0.05, 0) is 153 Å². The number of halogens is 3. The molecule has 5 aliphatic heterocycles. The number of carbonyl (C=O) groups excluding carboxylic acids is 3. The summed E-state index contributed by atoms with van der Waals surface area (Å²) in [5.74, 6) is 1.49. The summed E-state index contributed by atoms with van der Waals surface area (Å²) in [7, 11) is -6.51. The second kappa shape index (κ2) is 27.7. The van der Waals surface area contributed by atoms with E-state index in [1.807, 2.05) is 72.9 Å². The van der Waals surface area contributed by atoms with Gasteiger partial charge in [0.25, 0.3) is 5.91 Å². The fraction of sp³-hybridized carbons (Fsp3) is 0.431. The molecule has 0 atom stereocenters. The molecule has 9 aromatic rings. The first-order valence-electron chi connectivity index (χ1n) is 31.6. The number of amides is 4. The van der Waals surface area contributed by atoms with Crippen LogP contribution < -0.4 is 20.4 Å². The van der Waals surface area contributed by atoms with Crippen LogP contribution in [0.25, 0.3) is 43.6 Å². The Kier molecular flexibility index (Phi) is 19.5. The number of nitrogens with zero attached hydrogens (tertiary/aromatic N) is 9. The van der Waals surface area contributed by atoms with E-state index in [0.29, 0.717) is 90.3 Å². The van der Waals surface area contributed by atoms with Crippen molar-refractivity contribution in [1.29, 1.82) is 0 Å². The van der Waals surface area contributed by atoms with Crippen molar-refractivity contribution >= 4 is 128 Å². The monoisotopic (exact) mass is 1350 g/mol. The van der Waals surface area contributed by atoms with E-state index < -0.39 is 31.6 Å². The first-order valence-corrected chi connectivity index (χ1v) is 35.8. The summed E-state index contributed by atoms with van der Waals surface area (Å²) in [6.45, 7) is 10.5. The van der Waals surface area contributed by atoms with Gasteiger partial charge in [0.15, 0.2) is 0 Å². The van der Waals surface area contributed by atoms with Crippen molar-refractivity contribution in [1.82, 2.24) is 64.9 Å². The van der Waals surface area contributed by atoms with Gasteiger partial charge in [0.1, 0.15) is 5.54 Å². The second-order valence-corrected chi connectivity index (χ2v) is 30.0. The number of urea groups is 1. The maximum Gasteiger partial charge on any atom is 0.322 e. The van der Waals surface area contributed by atoms with Crippen LogP contribution in [0.4, 0.5) is 16.2 Å². The number of H-pyrrole nitrogens is 4. The van der Waals surface area contributed by atoms with Crippen LogP contribution in [0.1, 0.15) is 119 Å². The number of hydrogen-bond donors (Lipinski definition) is 6. The standard InChI is InChI=1S/C18H18ClN3O2S.C18H24N4O.C15H20ClN3O2S.C14H14ClN5O2/c19-14-10-16(17-12-20-21-18(17)11-14)13-6-8-22(9-7-13)25(23,24)15-4-2-1-3-5-15;1-13(23)21-6-8-22(9-7-21)18-11-15(14-4-2-3-5-14)10-17-16(18)12-19-20-17;1-2-7-22(20,21)19-5-3-11(4-6-19)13-8-12(16)9-15-14(13)10-17-18-15;15-8-5-10-9(7-16-19-10)11(6-8)20-3-1-14(2-4-20)12(21)17-13(22)18-14/h1-5,10-13H,6-9H2,(H,20,21);10-12,14H,2-9H2,1H3,(H,19,20);8-11H,2-7H2,1H3,(H,17,18);5-7H,1-4H2,(H,16,19)(H2,17,18,21,22). The summed E-state index contributed by atoms with van der Waals surface area (Å²) in [6, 6.07) is 24.3. The molecular formula is C65H76Cl3N15O7S2. The van der Waals surface area contributed by atoms with Crippen LogP contribution in [0.2, 0.25) is 15.1 Å². The molecule has 9 heterocycles. The predicted octanol–water partition coefficient (Wildman–Crippen LogP) is 11.2. The van der Waals surface area contributed by atoms with Gasteiger partial charge < -0.3 is 20.0 Å². The van der Waals surface area contributed by atoms with Gasteiger partial charge in [0, 0.05) is 120 Å². The molecule has 0 bridgehead atoms. The Hall–Kier alpha value is -7.32. The Morgan fingerprint density at radius 3 is 1.52 bits per heavy atom.